The van der Waals surface area contributed by atoms with Crippen molar-refractivity contribution in [3.63, 3.8) is 0 Å². The molecule has 3 nitrogen and oxygen atoms in total. The molecule has 106 valence electrons. The van der Waals surface area contributed by atoms with Crippen molar-refractivity contribution in [3.05, 3.63) is 18.2 Å². The Morgan fingerprint density at radius 3 is 2.84 bits per heavy atom. The van der Waals surface area contributed by atoms with Gasteiger partial charge in [-0.25, -0.2) is 4.98 Å². The van der Waals surface area contributed by atoms with Gasteiger partial charge in [-0.15, -0.1) is 0 Å². The normalized spacial score (nSPS) is 25.6. The second-order valence-corrected chi connectivity index (χ2v) is 6.35. The molecule has 3 rings (SSSR count). The summed E-state index contributed by atoms with van der Waals surface area (Å²) < 4.78 is 2.42. The van der Waals surface area contributed by atoms with E-state index in [4.69, 9.17) is 0 Å². The molecule has 19 heavy (non-hydrogen) atoms. The molecule has 2 heterocycles. The Balaban J connectivity index is 1.56. The molecule has 1 aromatic rings. The number of nitrogens with zero attached hydrogens (tertiary/aromatic N) is 2. The highest BCUT2D eigenvalue weighted by atomic mass is 15.1. The topological polar surface area (TPSA) is 29.9 Å². The van der Waals surface area contributed by atoms with E-state index in [9.17, 15) is 0 Å². The van der Waals surface area contributed by atoms with Gasteiger partial charge in [-0.1, -0.05) is 32.1 Å². The SMILES string of the molecule is c1ncn(CCC2CCCCC2)c1C1CCCNC1. The van der Waals surface area contributed by atoms with Crippen LogP contribution in [0.25, 0.3) is 0 Å². The second-order valence-electron chi connectivity index (χ2n) is 6.35. The van der Waals surface area contributed by atoms with E-state index >= 15 is 0 Å². The molecular formula is C16H27N3. The fourth-order valence-corrected chi connectivity index (χ4v) is 3.76. The van der Waals surface area contributed by atoms with Gasteiger partial charge in [0.05, 0.1) is 6.33 Å². The number of piperidine rings is 1. The second kappa shape index (κ2) is 6.56. The summed E-state index contributed by atoms with van der Waals surface area (Å²) >= 11 is 0. The molecule has 1 saturated carbocycles. The molecule has 2 fully saturated rings. The maximum Gasteiger partial charge on any atom is 0.0948 e. The maximum absolute atomic E-state index is 4.40. The van der Waals surface area contributed by atoms with Gasteiger partial charge in [0.25, 0.3) is 0 Å². The lowest BCUT2D eigenvalue weighted by molar-refractivity contribution is 0.320. The van der Waals surface area contributed by atoms with Crippen LogP contribution in [0.4, 0.5) is 0 Å². The third-order valence-electron chi connectivity index (χ3n) is 4.96. The number of imidazole rings is 1. The number of aromatic nitrogens is 2. The van der Waals surface area contributed by atoms with Gasteiger partial charge in [-0.2, -0.15) is 0 Å². The van der Waals surface area contributed by atoms with Crippen LogP contribution in [0, 0.1) is 5.92 Å². The van der Waals surface area contributed by atoms with Crippen LogP contribution in [0.5, 0.6) is 0 Å². The van der Waals surface area contributed by atoms with Gasteiger partial charge >= 0.3 is 0 Å². The van der Waals surface area contributed by atoms with Crippen LogP contribution >= 0.6 is 0 Å². The Hall–Kier alpha value is -0.830. The molecule has 1 aliphatic heterocycles. The van der Waals surface area contributed by atoms with Gasteiger partial charge < -0.3 is 9.88 Å². The van der Waals surface area contributed by atoms with Gasteiger partial charge in [-0.05, 0) is 31.7 Å². The highest BCUT2D eigenvalue weighted by molar-refractivity contribution is 5.08. The summed E-state index contributed by atoms with van der Waals surface area (Å²) in [7, 11) is 0. The Morgan fingerprint density at radius 2 is 2.05 bits per heavy atom. The van der Waals surface area contributed by atoms with Crippen LogP contribution in [-0.4, -0.2) is 22.6 Å². The minimum atomic E-state index is 0.683. The van der Waals surface area contributed by atoms with Crippen molar-refractivity contribution in [1.82, 2.24) is 14.9 Å². The van der Waals surface area contributed by atoms with Crippen molar-refractivity contribution in [2.75, 3.05) is 13.1 Å². The third-order valence-corrected chi connectivity index (χ3v) is 4.96. The molecular weight excluding hydrogens is 234 g/mol. The molecule has 0 spiro atoms. The van der Waals surface area contributed by atoms with Crippen LogP contribution in [-0.2, 0) is 6.54 Å². The predicted molar refractivity (Wildman–Crippen MR) is 78.3 cm³/mol. The molecule has 0 bridgehead atoms. The first kappa shape index (κ1) is 13.2. The molecule has 0 aromatic carbocycles. The van der Waals surface area contributed by atoms with E-state index in [0.717, 1.165) is 12.5 Å². The lowest BCUT2D eigenvalue weighted by Crippen LogP contribution is -2.29. The van der Waals surface area contributed by atoms with Crippen LogP contribution in [0.1, 0.15) is 63.0 Å². The lowest BCUT2D eigenvalue weighted by Gasteiger charge is -2.25. The first-order valence-electron chi connectivity index (χ1n) is 8.14. The van der Waals surface area contributed by atoms with E-state index in [1.807, 2.05) is 6.33 Å². The predicted octanol–water partition coefficient (Wildman–Crippen LogP) is 3.32. The summed E-state index contributed by atoms with van der Waals surface area (Å²) in [5.41, 5.74) is 1.46. The molecule has 1 atom stereocenters. The van der Waals surface area contributed by atoms with Crippen LogP contribution in [0.15, 0.2) is 12.5 Å². The minimum absolute atomic E-state index is 0.683. The van der Waals surface area contributed by atoms with Crippen molar-refractivity contribution >= 4 is 0 Å². The smallest absolute Gasteiger partial charge is 0.0948 e. The van der Waals surface area contributed by atoms with Gasteiger partial charge in [0.1, 0.15) is 0 Å². The van der Waals surface area contributed by atoms with Crippen LogP contribution in [0.2, 0.25) is 0 Å². The summed E-state index contributed by atoms with van der Waals surface area (Å²) in [6, 6.07) is 0. The maximum atomic E-state index is 4.40. The highest BCUT2D eigenvalue weighted by Gasteiger charge is 2.19. The van der Waals surface area contributed by atoms with E-state index in [2.05, 4.69) is 21.1 Å². The Bertz CT molecular complexity index is 373. The number of aryl methyl sites for hydroxylation is 1. The molecule has 1 aromatic heterocycles. The Morgan fingerprint density at radius 1 is 1.16 bits per heavy atom. The van der Waals surface area contributed by atoms with Gasteiger partial charge in [0.2, 0.25) is 0 Å². The summed E-state index contributed by atoms with van der Waals surface area (Å²) in [4.78, 5) is 4.40. The minimum Gasteiger partial charge on any atom is -0.334 e. The number of hydrogen-bond acceptors (Lipinski definition) is 2. The zero-order valence-corrected chi connectivity index (χ0v) is 12.0. The molecule has 0 amide bonds. The quantitative estimate of drug-likeness (QED) is 0.901. The fraction of sp³-hybridized carbons (Fsp3) is 0.812. The summed E-state index contributed by atoms with van der Waals surface area (Å²) in [5.74, 6) is 1.65. The molecule has 2 aliphatic rings. The van der Waals surface area contributed by atoms with Crippen molar-refractivity contribution in [2.24, 2.45) is 5.92 Å². The zero-order chi connectivity index (χ0) is 12.9. The fourth-order valence-electron chi connectivity index (χ4n) is 3.76. The van der Waals surface area contributed by atoms with Gasteiger partial charge in [0, 0.05) is 30.9 Å². The molecule has 3 heteroatoms. The van der Waals surface area contributed by atoms with Crippen LogP contribution < -0.4 is 5.32 Å². The molecule has 0 radical (unpaired) electrons. The van der Waals surface area contributed by atoms with E-state index in [1.165, 1.54) is 70.2 Å². The van der Waals surface area contributed by atoms with E-state index in [0.29, 0.717) is 5.92 Å². The van der Waals surface area contributed by atoms with Crippen molar-refractivity contribution < 1.29 is 0 Å². The molecule has 1 aliphatic carbocycles. The zero-order valence-electron chi connectivity index (χ0n) is 12.0. The summed E-state index contributed by atoms with van der Waals surface area (Å²) in [6.45, 7) is 3.50. The highest BCUT2D eigenvalue weighted by Crippen LogP contribution is 2.28. The largest absolute Gasteiger partial charge is 0.334 e. The Kier molecular flexibility index (Phi) is 4.54. The van der Waals surface area contributed by atoms with E-state index in [1.54, 1.807) is 0 Å². The van der Waals surface area contributed by atoms with Crippen molar-refractivity contribution in [2.45, 2.75) is 63.8 Å². The van der Waals surface area contributed by atoms with Crippen molar-refractivity contribution in [1.29, 1.82) is 0 Å². The van der Waals surface area contributed by atoms with E-state index in [-0.39, 0.29) is 0 Å². The Labute approximate surface area is 116 Å². The first-order valence-corrected chi connectivity index (χ1v) is 8.14. The molecule has 1 saturated heterocycles. The monoisotopic (exact) mass is 261 g/mol. The molecule has 1 N–H and O–H groups in total. The van der Waals surface area contributed by atoms with Crippen molar-refractivity contribution in [3.8, 4) is 0 Å². The first-order chi connectivity index (χ1) is 9.43. The summed E-state index contributed by atoms with van der Waals surface area (Å²) in [5, 5.41) is 3.51. The average molecular weight is 261 g/mol. The van der Waals surface area contributed by atoms with Crippen LogP contribution in [0.3, 0.4) is 0 Å². The van der Waals surface area contributed by atoms with E-state index < -0.39 is 0 Å². The average Bonchev–Trinajstić information content (AvgIpc) is 2.95. The third kappa shape index (κ3) is 3.38. The number of hydrogen-bond donors (Lipinski definition) is 1. The standard InChI is InChI=1S/C16H27N3/c1-2-5-14(6-3-1)8-10-19-13-18-12-16(19)15-7-4-9-17-11-15/h12-15,17H,1-11H2. The number of nitrogens with one attached hydrogen (secondary N) is 1. The molecule has 1 unspecified atom stereocenters. The van der Waals surface area contributed by atoms with Gasteiger partial charge in [0.15, 0.2) is 0 Å². The van der Waals surface area contributed by atoms with Gasteiger partial charge in [-0.3, -0.25) is 0 Å². The lowest BCUT2D eigenvalue weighted by atomic mass is 9.87. The summed E-state index contributed by atoms with van der Waals surface area (Å²) in [6.07, 6.45) is 15.4. The number of rotatable bonds is 4.